The summed E-state index contributed by atoms with van der Waals surface area (Å²) in [5.74, 6) is 0. The van der Waals surface area contributed by atoms with Crippen molar-refractivity contribution in [1.29, 1.82) is 0 Å². The number of hydrogen-bond donors (Lipinski definition) is 0. The normalized spacial score (nSPS) is 10.9. The number of nitrogens with zero attached hydrogens (tertiary/aromatic N) is 1. The van der Waals surface area contributed by atoms with Crippen LogP contribution in [0.5, 0.6) is 0 Å². The van der Waals surface area contributed by atoms with Gasteiger partial charge in [-0.25, -0.2) is 0 Å². The molecular formula is C14H24NP. The third-order valence-corrected chi connectivity index (χ3v) is 3.46. The molecule has 0 unspecified atom stereocenters. The van der Waals surface area contributed by atoms with Crippen molar-refractivity contribution < 1.29 is 0 Å². The molecule has 0 N–H and O–H groups in total. The van der Waals surface area contributed by atoms with Crippen molar-refractivity contribution in [2.24, 2.45) is 0 Å². The van der Waals surface area contributed by atoms with E-state index < -0.39 is 0 Å². The Balaban J connectivity index is 1.91. The van der Waals surface area contributed by atoms with Crippen LogP contribution in [0.15, 0.2) is 18.3 Å². The third kappa shape index (κ3) is 5.70. The summed E-state index contributed by atoms with van der Waals surface area (Å²) in [5.41, 5.74) is 1.09. The average Bonchev–Trinajstić information content (AvgIpc) is 2.68. The highest BCUT2D eigenvalue weighted by Gasteiger charge is 1.96. The second kappa shape index (κ2) is 8.82. The van der Waals surface area contributed by atoms with Crippen molar-refractivity contribution in [2.45, 2.75) is 64.8 Å². The summed E-state index contributed by atoms with van der Waals surface area (Å²) in [7, 11) is 4.39. The highest BCUT2D eigenvalue weighted by Crippen LogP contribution is 2.09. The number of aromatic nitrogens is 1. The molecule has 1 rings (SSSR count). The van der Waals surface area contributed by atoms with Crippen molar-refractivity contribution >= 4 is 14.7 Å². The molecular weight excluding hydrogens is 213 g/mol. The second-order valence-electron chi connectivity index (χ2n) is 4.53. The first-order chi connectivity index (χ1) is 7.84. The fourth-order valence-electron chi connectivity index (χ4n) is 2.01. The van der Waals surface area contributed by atoms with Crippen LogP contribution in [-0.2, 0) is 6.54 Å². The molecule has 0 aliphatic heterocycles. The molecule has 1 heterocycles. The molecule has 16 heavy (non-hydrogen) atoms. The van der Waals surface area contributed by atoms with Gasteiger partial charge in [0.15, 0.2) is 0 Å². The molecule has 0 bridgehead atoms. The van der Waals surface area contributed by atoms with Crippen LogP contribution in [0.4, 0.5) is 0 Å². The Bertz CT molecular complexity index is 267. The molecule has 1 nitrogen and oxygen atoms in total. The Morgan fingerprint density at radius 3 is 2.19 bits per heavy atom. The Kier molecular flexibility index (Phi) is 7.59. The summed E-state index contributed by atoms with van der Waals surface area (Å²) >= 11 is 0. The zero-order valence-electron chi connectivity index (χ0n) is 10.5. The van der Waals surface area contributed by atoms with Gasteiger partial charge in [0.1, 0.15) is 0 Å². The minimum absolute atomic E-state index is 1.09. The first kappa shape index (κ1) is 13.8. The van der Waals surface area contributed by atoms with Crippen LogP contribution in [0, 0.1) is 0 Å². The van der Waals surface area contributed by atoms with E-state index in [0.29, 0.717) is 0 Å². The molecule has 0 spiro atoms. The lowest BCUT2D eigenvalue weighted by Gasteiger charge is -2.05. The van der Waals surface area contributed by atoms with E-state index >= 15 is 0 Å². The lowest BCUT2D eigenvalue weighted by Crippen LogP contribution is -2.08. The Labute approximate surface area is 103 Å². The first-order valence-corrected chi connectivity index (χ1v) is 7.13. The van der Waals surface area contributed by atoms with Crippen LogP contribution >= 0.6 is 9.24 Å². The molecule has 1 aromatic heterocycles. The van der Waals surface area contributed by atoms with Crippen LogP contribution in [0.2, 0.25) is 0 Å². The van der Waals surface area contributed by atoms with E-state index in [2.05, 4.69) is 33.0 Å². The summed E-state index contributed by atoms with van der Waals surface area (Å²) in [5, 5.41) is 0. The van der Waals surface area contributed by atoms with E-state index in [1.807, 2.05) is 6.07 Å². The Morgan fingerprint density at radius 2 is 1.62 bits per heavy atom. The number of aryl methyl sites for hydroxylation is 1. The van der Waals surface area contributed by atoms with Crippen molar-refractivity contribution in [2.75, 3.05) is 0 Å². The maximum Gasteiger partial charge on any atom is 0.0513 e. The highest BCUT2D eigenvalue weighted by atomic mass is 31.0. The van der Waals surface area contributed by atoms with Gasteiger partial charge in [-0.1, -0.05) is 51.9 Å². The lowest BCUT2D eigenvalue weighted by atomic mass is 10.1. The molecule has 0 saturated heterocycles. The SMILES string of the molecule is CCCCCCCCCCn1cccc1[P]. The third-order valence-electron chi connectivity index (χ3n) is 3.06. The molecule has 0 fully saturated rings. The molecule has 0 amide bonds. The summed E-state index contributed by atoms with van der Waals surface area (Å²) in [4.78, 5) is 0. The van der Waals surface area contributed by atoms with E-state index in [1.54, 1.807) is 0 Å². The van der Waals surface area contributed by atoms with E-state index in [-0.39, 0.29) is 0 Å². The van der Waals surface area contributed by atoms with Crippen LogP contribution in [0.1, 0.15) is 58.3 Å². The molecule has 0 aromatic carbocycles. The van der Waals surface area contributed by atoms with Gasteiger partial charge in [-0.05, 0) is 18.6 Å². The standard InChI is InChI=1S/C14H24NP/c1-2-3-4-5-6-7-8-9-12-15-13-10-11-14(15)16/h10-11,13H,2-9,12H2,1H3. The largest absolute Gasteiger partial charge is 0.347 e. The van der Waals surface area contributed by atoms with E-state index in [9.17, 15) is 0 Å². The molecule has 2 radical (unpaired) electrons. The monoisotopic (exact) mass is 237 g/mol. The van der Waals surface area contributed by atoms with Gasteiger partial charge >= 0.3 is 0 Å². The van der Waals surface area contributed by atoms with Crippen molar-refractivity contribution in [1.82, 2.24) is 4.57 Å². The van der Waals surface area contributed by atoms with Gasteiger partial charge in [-0.3, -0.25) is 0 Å². The minimum atomic E-state index is 1.09. The van der Waals surface area contributed by atoms with Gasteiger partial charge in [-0.15, -0.1) is 0 Å². The van der Waals surface area contributed by atoms with Gasteiger partial charge in [0.25, 0.3) is 0 Å². The first-order valence-electron chi connectivity index (χ1n) is 6.68. The van der Waals surface area contributed by atoms with E-state index in [0.717, 1.165) is 12.0 Å². The van der Waals surface area contributed by atoms with Crippen molar-refractivity contribution in [3.05, 3.63) is 18.3 Å². The van der Waals surface area contributed by atoms with E-state index in [1.165, 1.54) is 51.4 Å². The lowest BCUT2D eigenvalue weighted by molar-refractivity contribution is 0.548. The van der Waals surface area contributed by atoms with Crippen LogP contribution < -0.4 is 5.44 Å². The maximum absolute atomic E-state index is 4.39. The van der Waals surface area contributed by atoms with Crippen molar-refractivity contribution in [3.63, 3.8) is 0 Å². The number of unbranched alkanes of at least 4 members (excludes halogenated alkanes) is 7. The maximum atomic E-state index is 4.39. The Hall–Kier alpha value is -0.290. The van der Waals surface area contributed by atoms with Crippen LogP contribution in [0.3, 0.4) is 0 Å². The molecule has 0 saturated carbocycles. The predicted molar refractivity (Wildman–Crippen MR) is 73.6 cm³/mol. The molecule has 0 aliphatic rings. The zero-order valence-corrected chi connectivity index (χ0v) is 11.4. The predicted octanol–water partition coefficient (Wildman–Crippen LogP) is 4.66. The van der Waals surface area contributed by atoms with Gasteiger partial charge in [0.05, 0.1) is 5.44 Å². The molecule has 0 atom stereocenters. The minimum Gasteiger partial charge on any atom is -0.347 e. The number of rotatable bonds is 9. The topological polar surface area (TPSA) is 4.93 Å². The summed E-state index contributed by atoms with van der Waals surface area (Å²) in [6.45, 7) is 3.40. The molecule has 0 aliphatic carbocycles. The highest BCUT2D eigenvalue weighted by molar-refractivity contribution is 7.27. The summed E-state index contributed by atoms with van der Waals surface area (Å²) in [6.07, 6.45) is 13.2. The van der Waals surface area contributed by atoms with Crippen LogP contribution in [-0.4, -0.2) is 4.57 Å². The zero-order chi connectivity index (χ0) is 11.6. The second-order valence-corrected chi connectivity index (χ2v) is 4.99. The van der Waals surface area contributed by atoms with Crippen molar-refractivity contribution in [3.8, 4) is 0 Å². The van der Waals surface area contributed by atoms with Gasteiger partial charge in [0, 0.05) is 22.0 Å². The average molecular weight is 237 g/mol. The molecule has 2 heteroatoms. The smallest absolute Gasteiger partial charge is 0.0513 e. The quantitative estimate of drug-likeness (QED) is 0.434. The van der Waals surface area contributed by atoms with Crippen LogP contribution in [0.25, 0.3) is 0 Å². The van der Waals surface area contributed by atoms with Gasteiger partial charge in [-0.2, -0.15) is 0 Å². The van der Waals surface area contributed by atoms with Gasteiger partial charge < -0.3 is 4.57 Å². The molecule has 1 aromatic rings. The Morgan fingerprint density at radius 1 is 1.00 bits per heavy atom. The fraction of sp³-hybridized carbons (Fsp3) is 0.714. The molecule has 90 valence electrons. The number of hydrogen-bond acceptors (Lipinski definition) is 0. The van der Waals surface area contributed by atoms with E-state index in [4.69, 9.17) is 0 Å². The summed E-state index contributed by atoms with van der Waals surface area (Å²) < 4.78 is 2.22. The van der Waals surface area contributed by atoms with Gasteiger partial charge in [0.2, 0.25) is 0 Å². The fourth-order valence-corrected chi connectivity index (χ4v) is 2.26. The summed E-state index contributed by atoms with van der Waals surface area (Å²) in [6, 6.07) is 4.11.